The first-order chi connectivity index (χ1) is 61.2. The smallest absolute Gasteiger partial charge is 0.311 e. The van der Waals surface area contributed by atoms with Crippen molar-refractivity contribution in [2.24, 2.45) is 17.3 Å². The van der Waals surface area contributed by atoms with Crippen molar-refractivity contribution in [3.05, 3.63) is 47.0 Å². The first kappa shape index (κ1) is 115. The standard InChI is InChI=1S/C87H151N3O36/c1-70(2)76(85(99)88-71(3)77(92)65-72-8-9-74(68-126-86(100)87(4,5)6)73(64-72)10-11-79-84(98)83(97)78(93)69-125-79)66-75(91)14-15-89(82(96)67-90-80(94)12-13-81(90)95)16-17-102-20-21-104-24-25-106-28-29-108-32-33-110-36-37-112-40-41-114-44-45-116-48-49-118-52-53-120-56-57-122-60-61-124-63-62-123-59-58-121-55-54-119-51-50-117-47-46-115-43-42-113-39-38-111-35-34-109-31-30-107-27-26-105-23-22-103-19-18-101-7/h8-9,12-13,64,70-71,76,78-79,83-84,93,97-98H,10-11,14-63,65-69H2,1-7H3,(H,88,99)/t71-,76-,78+,79-,83-,84-/m0/s1. The quantitative estimate of drug-likeness (QED) is 0.0404. The van der Waals surface area contributed by atoms with E-state index in [-0.39, 0.29) is 89.3 Å². The Morgan fingerprint density at radius 3 is 1.10 bits per heavy atom. The van der Waals surface area contributed by atoms with Crippen LogP contribution in [0, 0.1) is 17.3 Å². The van der Waals surface area contributed by atoms with E-state index in [1.54, 1.807) is 66.9 Å². The summed E-state index contributed by atoms with van der Waals surface area (Å²) in [6, 6.07) is 4.30. The second-order valence-electron chi connectivity index (χ2n) is 30.2. The van der Waals surface area contributed by atoms with Crippen LogP contribution >= 0.6 is 0 Å². The van der Waals surface area contributed by atoms with Gasteiger partial charge in [0.1, 0.15) is 37.2 Å². The summed E-state index contributed by atoms with van der Waals surface area (Å²) in [5, 5.41) is 33.6. The third-order valence-corrected chi connectivity index (χ3v) is 18.7. The number of nitrogens with zero attached hydrogens (tertiary/aromatic N) is 2. The van der Waals surface area contributed by atoms with E-state index < -0.39 is 77.9 Å². The van der Waals surface area contributed by atoms with E-state index in [9.17, 15) is 48.9 Å². The molecule has 0 aromatic heterocycles. The molecule has 3 rings (SSSR count). The third kappa shape index (κ3) is 61.4. The molecule has 6 atom stereocenters. The third-order valence-electron chi connectivity index (χ3n) is 18.7. The molecule has 1 saturated heterocycles. The molecule has 2 aliphatic heterocycles. The zero-order valence-electron chi connectivity index (χ0n) is 75.9. The van der Waals surface area contributed by atoms with Gasteiger partial charge in [-0.2, -0.15) is 0 Å². The molecule has 2 heterocycles. The van der Waals surface area contributed by atoms with Crippen LogP contribution in [0.5, 0.6) is 0 Å². The molecule has 2 aliphatic rings. The van der Waals surface area contributed by atoms with E-state index in [0.29, 0.717) is 314 Å². The number of aliphatic hydroxyl groups is 3. The number of esters is 1. The van der Waals surface area contributed by atoms with Gasteiger partial charge in [-0.15, -0.1) is 0 Å². The summed E-state index contributed by atoms with van der Waals surface area (Å²) in [6.07, 6.45) is -2.46. The molecule has 1 fully saturated rings. The minimum absolute atomic E-state index is 0.0240. The summed E-state index contributed by atoms with van der Waals surface area (Å²) in [6.45, 7) is 30.0. The highest BCUT2D eigenvalue weighted by atomic mass is 16.6. The zero-order chi connectivity index (χ0) is 91.4. The fourth-order valence-corrected chi connectivity index (χ4v) is 11.4. The van der Waals surface area contributed by atoms with Crippen molar-refractivity contribution in [3.8, 4) is 0 Å². The van der Waals surface area contributed by atoms with Crippen LogP contribution in [0.25, 0.3) is 0 Å². The second-order valence-corrected chi connectivity index (χ2v) is 30.2. The number of imide groups is 1. The van der Waals surface area contributed by atoms with Crippen molar-refractivity contribution in [3.63, 3.8) is 0 Å². The van der Waals surface area contributed by atoms with Crippen LogP contribution in [-0.2, 0) is 176 Å². The molecule has 39 heteroatoms. The van der Waals surface area contributed by atoms with E-state index in [1.807, 2.05) is 0 Å². The Balaban J connectivity index is 1.04. The summed E-state index contributed by atoms with van der Waals surface area (Å²) in [7, 11) is 1.64. The lowest BCUT2D eigenvalue weighted by Crippen LogP contribution is -2.52. The molecular weight excluding hydrogens is 1660 g/mol. The minimum Gasteiger partial charge on any atom is -0.460 e. The van der Waals surface area contributed by atoms with E-state index in [4.69, 9.17) is 123 Å². The second kappa shape index (κ2) is 78.4. The van der Waals surface area contributed by atoms with Crippen LogP contribution in [0.4, 0.5) is 0 Å². The number of aryl methyl sites for hydroxylation is 1. The van der Waals surface area contributed by atoms with Gasteiger partial charge in [0.15, 0.2) is 5.78 Å². The first-order valence-electron chi connectivity index (χ1n) is 44.1. The van der Waals surface area contributed by atoms with Gasteiger partial charge in [0.25, 0.3) is 11.8 Å². The molecule has 0 bridgehead atoms. The van der Waals surface area contributed by atoms with Crippen LogP contribution in [0.15, 0.2) is 30.4 Å². The van der Waals surface area contributed by atoms with Crippen LogP contribution in [0.3, 0.4) is 0 Å². The Bertz CT molecular complexity index is 2900. The number of hydrogen-bond acceptors (Lipinski definition) is 36. The highest BCUT2D eigenvalue weighted by Crippen LogP contribution is 2.25. The normalized spacial score (nSPS) is 15.9. The summed E-state index contributed by atoms with van der Waals surface area (Å²) in [4.78, 5) is 94.1. The number of carbonyl (C=O) groups excluding carboxylic acids is 7. The van der Waals surface area contributed by atoms with Gasteiger partial charge in [0.05, 0.1) is 335 Å². The van der Waals surface area contributed by atoms with Gasteiger partial charge < -0.3 is 149 Å². The van der Waals surface area contributed by atoms with Crippen molar-refractivity contribution in [2.75, 3.05) is 344 Å². The molecule has 0 unspecified atom stereocenters. The van der Waals surface area contributed by atoms with Crippen molar-refractivity contribution in [1.82, 2.24) is 15.1 Å². The number of nitrogens with one attached hydrogen (secondary N) is 1. The number of hydrogen-bond donors (Lipinski definition) is 4. The fourth-order valence-electron chi connectivity index (χ4n) is 11.4. The molecule has 1 aromatic carbocycles. The highest BCUT2D eigenvalue weighted by molar-refractivity contribution is 6.14. The van der Waals surface area contributed by atoms with Crippen molar-refractivity contribution < 1.29 is 172 Å². The van der Waals surface area contributed by atoms with Crippen molar-refractivity contribution in [1.29, 1.82) is 0 Å². The van der Waals surface area contributed by atoms with Crippen LogP contribution in [0.1, 0.15) is 77.5 Å². The summed E-state index contributed by atoms with van der Waals surface area (Å²) in [5.74, 6) is -4.58. The lowest BCUT2D eigenvalue weighted by Gasteiger charge is -2.35. The number of ketones is 2. The molecular formula is C87H151N3O36. The number of methoxy groups -OCH3 is 1. The first-order valence-corrected chi connectivity index (χ1v) is 44.1. The predicted octanol–water partition coefficient (Wildman–Crippen LogP) is 1.21. The van der Waals surface area contributed by atoms with E-state index in [2.05, 4.69) is 5.32 Å². The maximum absolute atomic E-state index is 13.8. The van der Waals surface area contributed by atoms with E-state index >= 15 is 0 Å². The van der Waals surface area contributed by atoms with Crippen molar-refractivity contribution in [2.45, 2.75) is 111 Å². The number of carbonyl (C=O) groups is 7. The lowest BCUT2D eigenvalue weighted by molar-refractivity contribution is -0.188. The predicted molar refractivity (Wildman–Crippen MR) is 454 cm³/mol. The van der Waals surface area contributed by atoms with Gasteiger partial charge in [-0.25, -0.2) is 0 Å². The zero-order valence-corrected chi connectivity index (χ0v) is 75.9. The molecule has 1 aromatic rings. The molecule has 0 aliphatic carbocycles. The van der Waals surface area contributed by atoms with Gasteiger partial charge in [-0.05, 0) is 63.1 Å². The van der Waals surface area contributed by atoms with Crippen molar-refractivity contribution >= 4 is 41.2 Å². The Hall–Kier alpha value is -5.27. The summed E-state index contributed by atoms with van der Waals surface area (Å²) < 4.78 is 143. The Labute approximate surface area is 744 Å². The molecule has 4 amide bonds. The van der Waals surface area contributed by atoms with Gasteiger partial charge in [0, 0.05) is 57.5 Å². The van der Waals surface area contributed by atoms with E-state index in [0.717, 1.165) is 17.1 Å². The average molecular weight is 1820 g/mol. The number of aliphatic hydroxyl groups excluding tert-OH is 3. The van der Waals surface area contributed by atoms with Crippen LogP contribution in [-0.4, -0.2) is 441 Å². The number of benzene rings is 1. The number of rotatable bonds is 90. The Morgan fingerprint density at radius 2 is 0.778 bits per heavy atom. The fraction of sp³-hybridized carbons (Fsp3) is 0.828. The monoisotopic (exact) mass is 1810 g/mol. The molecule has 730 valence electrons. The maximum atomic E-state index is 13.8. The minimum atomic E-state index is -1.38. The van der Waals surface area contributed by atoms with Crippen LogP contribution in [0.2, 0.25) is 0 Å². The van der Waals surface area contributed by atoms with Gasteiger partial charge >= 0.3 is 5.97 Å². The van der Waals surface area contributed by atoms with Gasteiger partial charge in [-0.1, -0.05) is 32.0 Å². The lowest BCUT2D eigenvalue weighted by atomic mass is 9.88. The molecule has 126 heavy (non-hydrogen) atoms. The van der Waals surface area contributed by atoms with Crippen LogP contribution < -0.4 is 5.32 Å². The Kier molecular flexibility index (Phi) is 71.5. The van der Waals surface area contributed by atoms with Gasteiger partial charge in [0.2, 0.25) is 11.8 Å². The highest BCUT2D eigenvalue weighted by Gasteiger charge is 2.38. The average Bonchev–Trinajstić information content (AvgIpc) is 1.47. The molecule has 0 radical (unpaired) electrons. The Morgan fingerprint density at radius 1 is 0.452 bits per heavy atom. The number of amides is 4. The molecule has 39 nitrogen and oxygen atoms in total. The van der Waals surface area contributed by atoms with E-state index in [1.165, 1.54) is 4.90 Å². The molecule has 0 spiro atoms. The number of Topliss-reactive ketones (excluding diaryl/α,β-unsaturated/α-hetero) is 2. The number of ether oxygens (including phenoxy) is 26. The SMILES string of the molecule is COCCOCCOCCOCCOCCOCCOCCOCCOCCOCCOCCOCCOCCOCCOCCOCCOCCOCCOCCOCCOCCOCCOCCOCCN(CCC(=O)C[C@H](C(=O)N[C@@H](C)C(=O)Cc1ccc(COC(=O)C(C)(C)C)c(CC[C@@H]2OC[C@@H](O)[C@H](O)[C@H]2O)c1)C(C)C)C(=O)CN1C(=O)C=CC1=O. The maximum Gasteiger partial charge on any atom is 0.311 e. The molecule has 0 saturated carbocycles. The van der Waals surface area contributed by atoms with Gasteiger partial charge in [-0.3, -0.25) is 38.5 Å². The largest absolute Gasteiger partial charge is 0.460 e. The summed E-state index contributed by atoms with van der Waals surface area (Å²) in [5.41, 5.74) is 1.22. The summed E-state index contributed by atoms with van der Waals surface area (Å²) >= 11 is 0. The molecule has 4 N–H and O–H groups in total. The topological polar surface area (TPSA) is 439 Å².